The maximum absolute atomic E-state index is 14.5. The maximum Gasteiger partial charge on any atom is 0.495 e. The van der Waals surface area contributed by atoms with Crippen LogP contribution in [-0.4, -0.2) is 37.8 Å². The van der Waals surface area contributed by atoms with E-state index < -0.39 is 24.4 Å². The number of hydrogen-bond acceptors (Lipinski definition) is 7. The van der Waals surface area contributed by atoms with Crippen LogP contribution in [-0.2, 0) is 9.31 Å². The van der Waals surface area contributed by atoms with Gasteiger partial charge in [0.25, 0.3) is 5.56 Å². The molecule has 41 heavy (non-hydrogen) atoms. The van der Waals surface area contributed by atoms with Crippen LogP contribution in [0.15, 0.2) is 76.7 Å². The third kappa shape index (κ3) is 4.43. The van der Waals surface area contributed by atoms with Gasteiger partial charge in [0.2, 0.25) is 0 Å². The number of anilines is 1. The zero-order valence-electron chi connectivity index (χ0n) is 23.4. The fraction of sp³-hybridized carbons (Fsp3) is 0.267. The molecule has 0 spiro atoms. The Kier molecular flexibility index (Phi) is 6.52. The van der Waals surface area contributed by atoms with E-state index in [1.807, 2.05) is 83.1 Å². The summed E-state index contributed by atoms with van der Waals surface area (Å²) in [6.45, 7) is 9.76. The van der Waals surface area contributed by atoms with Gasteiger partial charge in [-0.2, -0.15) is 0 Å². The molecular formula is C30H29BClN5O4. The molecule has 0 saturated carbocycles. The lowest BCUT2D eigenvalue weighted by atomic mass is 9.76. The number of pyridine rings is 2. The first-order valence-corrected chi connectivity index (χ1v) is 13.7. The second-order valence-electron chi connectivity index (χ2n) is 11.2. The quantitative estimate of drug-likeness (QED) is 0.294. The Morgan fingerprint density at radius 1 is 0.951 bits per heavy atom. The largest absolute Gasteiger partial charge is 0.495 e. The number of nitrogens with zero attached hydrogens (tertiary/aromatic N) is 3. The summed E-state index contributed by atoms with van der Waals surface area (Å²) in [5, 5.41) is 5.00. The van der Waals surface area contributed by atoms with E-state index in [-0.39, 0.29) is 11.0 Å². The fourth-order valence-electron chi connectivity index (χ4n) is 5.22. The zero-order valence-corrected chi connectivity index (χ0v) is 24.1. The van der Waals surface area contributed by atoms with Gasteiger partial charge in [-0.1, -0.05) is 48.0 Å². The van der Waals surface area contributed by atoms with E-state index in [9.17, 15) is 9.59 Å². The molecule has 2 aromatic carbocycles. The van der Waals surface area contributed by atoms with Gasteiger partial charge >= 0.3 is 7.12 Å². The molecule has 0 bridgehead atoms. The minimum atomic E-state index is -0.753. The molecule has 1 atom stereocenters. The van der Waals surface area contributed by atoms with Crippen molar-refractivity contribution in [2.75, 3.05) is 5.32 Å². The van der Waals surface area contributed by atoms with Crippen molar-refractivity contribution in [3.63, 3.8) is 0 Å². The Bertz CT molecular complexity index is 1900. The first-order chi connectivity index (χ1) is 19.5. The molecule has 0 aliphatic carbocycles. The highest BCUT2D eigenvalue weighted by atomic mass is 35.5. The van der Waals surface area contributed by atoms with Gasteiger partial charge in [-0.05, 0) is 52.2 Å². The number of aromatic nitrogens is 4. The van der Waals surface area contributed by atoms with Crippen LogP contribution in [0.2, 0.25) is 5.02 Å². The van der Waals surface area contributed by atoms with E-state index in [1.165, 1.54) is 18.6 Å². The summed E-state index contributed by atoms with van der Waals surface area (Å²) in [6.07, 6.45) is 2.91. The van der Waals surface area contributed by atoms with E-state index in [1.54, 1.807) is 4.57 Å². The van der Waals surface area contributed by atoms with Gasteiger partial charge in [-0.15, -0.1) is 0 Å². The van der Waals surface area contributed by atoms with Crippen molar-refractivity contribution in [2.45, 2.75) is 51.9 Å². The van der Waals surface area contributed by atoms with Crippen molar-refractivity contribution < 1.29 is 9.31 Å². The molecule has 3 aromatic heterocycles. The van der Waals surface area contributed by atoms with Gasteiger partial charge in [0, 0.05) is 28.7 Å². The highest BCUT2D eigenvalue weighted by Gasteiger charge is 2.52. The molecule has 1 saturated heterocycles. The normalized spacial score (nSPS) is 16.8. The Balaban J connectivity index is 1.58. The van der Waals surface area contributed by atoms with Gasteiger partial charge in [0.05, 0.1) is 28.0 Å². The second-order valence-corrected chi connectivity index (χ2v) is 11.6. The highest BCUT2D eigenvalue weighted by Crippen LogP contribution is 2.38. The van der Waals surface area contributed by atoms with E-state index >= 15 is 0 Å². The van der Waals surface area contributed by atoms with Crippen LogP contribution in [0.25, 0.3) is 27.5 Å². The standard InChI is InChI=1S/C30H29BClN5O4/c1-17(36-27-23-21(38)14-15-33-26(23)34-16-35-27)25-24(32)19-12-9-13-20(31-40-29(2,3)30(4,5)41-31)22(19)28(39)37(25)18-10-7-6-8-11-18/h6-17H,1-5H3,(H2,33,34,35,36,38)/t17-/m0/s1. The average Bonchev–Trinajstić information content (AvgIpc) is 3.17. The van der Waals surface area contributed by atoms with Crippen LogP contribution in [0, 0.1) is 0 Å². The molecule has 1 aliphatic heterocycles. The number of H-pyrrole nitrogens is 1. The van der Waals surface area contributed by atoms with Crippen LogP contribution in [0.4, 0.5) is 5.82 Å². The lowest BCUT2D eigenvalue weighted by molar-refractivity contribution is 0.00578. The monoisotopic (exact) mass is 569 g/mol. The van der Waals surface area contributed by atoms with Crippen molar-refractivity contribution >= 4 is 51.8 Å². The molecule has 1 fully saturated rings. The van der Waals surface area contributed by atoms with Crippen LogP contribution in [0.3, 0.4) is 0 Å². The van der Waals surface area contributed by atoms with Crippen molar-refractivity contribution in [1.29, 1.82) is 0 Å². The summed E-state index contributed by atoms with van der Waals surface area (Å²) in [4.78, 5) is 38.7. The molecule has 4 heterocycles. The van der Waals surface area contributed by atoms with Crippen LogP contribution in [0.1, 0.15) is 46.4 Å². The average molecular weight is 570 g/mol. The smallest absolute Gasteiger partial charge is 0.399 e. The summed E-state index contributed by atoms with van der Waals surface area (Å²) < 4.78 is 14.3. The predicted molar refractivity (Wildman–Crippen MR) is 162 cm³/mol. The summed E-state index contributed by atoms with van der Waals surface area (Å²) in [5.74, 6) is 0.332. The Hall–Kier alpha value is -3.99. The molecule has 6 rings (SSSR count). The predicted octanol–water partition coefficient (Wildman–Crippen LogP) is 4.75. The maximum atomic E-state index is 14.5. The van der Waals surface area contributed by atoms with E-state index in [0.717, 1.165) is 0 Å². The first-order valence-electron chi connectivity index (χ1n) is 13.4. The second kappa shape index (κ2) is 9.83. The number of nitrogens with one attached hydrogen (secondary N) is 2. The molecular weight excluding hydrogens is 541 g/mol. The minimum absolute atomic E-state index is 0.230. The van der Waals surface area contributed by atoms with Gasteiger partial charge in [-0.25, -0.2) is 9.97 Å². The molecule has 1 aliphatic rings. The molecule has 9 nitrogen and oxygen atoms in total. The van der Waals surface area contributed by atoms with Gasteiger partial charge < -0.3 is 19.6 Å². The van der Waals surface area contributed by atoms with Crippen molar-refractivity contribution in [1.82, 2.24) is 19.5 Å². The third-order valence-corrected chi connectivity index (χ3v) is 8.45. The van der Waals surface area contributed by atoms with Crippen LogP contribution < -0.4 is 21.8 Å². The first kappa shape index (κ1) is 27.2. The Morgan fingerprint density at radius 3 is 2.37 bits per heavy atom. The summed E-state index contributed by atoms with van der Waals surface area (Å²) in [7, 11) is -0.753. The number of hydrogen-bond donors (Lipinski definition) is 2. The Labute approximate surface area is 241 Å². The number of para-hydroxylation sites is 1. The molecule has 5 aromatic rings. The van der Waals surface area contributed by atoms with Crippen molar-refractivity contribution in [3.05, 3.63) is 98.4 Å². The van der Waals surface area contributed by atoms with E-state index in [4.69, 9.17) is 20.9 Å². The molecule has 11 heteroatoms. The van der Waals surface area contributed by atoms with Gasteiger partial charge in [-0.3, -0.25) is 14.2 Å². The minimum Gasteiger partial charge on any atom is -0.399 e. The fourth-order valence-corrected chi connectivity index (χ4v) is 5.63. The van der Waals surface area contributed by atoms with Gasteiger partial charge in [0.1, 0.15) is 23.2 Å². The lowest BCUT2D eigenvalue weighted by Gasteiger charge is -2.32. The lowest BCUT2D eigenvalue weighted by Crippen LogP contribution is -2.41. The van der Waals surface area contributed by atoms with Gasteiger partial charge in [0.15, 0.2) is 5.43 Å². The molecule has 208 valence electrons. The molecule has 0 radical (unpaired) electrons. The zero-order chi connectivity index (χ0) is 29.1. The van der Waals surface area contributed by atoms with E-state index in [0.29, 0.717) is 49.5 Å². The number of benzene rings is 2. The number of fused-ring (bicyclic) bond motifs is 2. The molecule has 2 N–H and O–H groups in total. The SMILES string of the molecule is C[C@H](Nc1ncnc2[nH]ccc(=O)c12)c1c(Cl)c2cccc(B3OC(C)(C)C(C)(C)O3)c2c(=O)n1-c1ccccc1. The third-order valence-electron chi connectivity index (χ3n) is 8.05. The van der Waals surface area contributed by atoms with Crippen molar-refractivity contribution in [2.24, 2.45) is 0 Å². The highest BCUT2D eigenvalue weighted by molar-refractivity contribution is 6.65. The topological polar surface area (TPSA) is 111 Å². The molecule has 0 unspecified atom stereocenters. The van der Waals surface area contributed by atoms with Crippen LogP contribution in [0.5, 0.6) is 0 Å². The van der Waals surface area contributed by atoms with E-state index in [2.05, 4.69) is 20.3 Å². The van der Waals surface area contributed by atoms with Crippen molar-refractivity contribution in [3.8, 4) is 5.69 Å². The number of aromatic amines is 1. The Morgan fingerprint density at radius 2 is 1.66 bits per heavy atom. The summed E-state index contributed by atoms with van der Waals surface area (Å²) in [5.41, 5.74) is 0.496. The number of rotatable bonds is 5. The summed E-state index contributed by atoms with van der Waals surface area (Å²) in [6, 6.07) is 15.7. The number of halogens is 1. The molecule has 0 amide bonds. The summed E-state index contributed by atoms with van der Waals surface area (Å²) >= 11 is 7.19. The van der Waals surface area contributed by atoms with Crippen LogP contribution >= 0.6 is 11.6 Å².